The molecule has 0 radical (unpaired) electrons. The van der Waals surface area contributed by atoms with Gasteiger partial charge in [-0.1, -0.05) is 42.0 Å². The van der Waals surface area contributed by atoms with Gasteiger partial charge in [0.1, 0.15) is 0 Å². The third-order valence-corrected chi connectivity index (χ3v) is 8.53. The molecule has 3 aromatic rings. The average Bonchev–Trinajstić information content (AvgIpc) is 3.43. The van der Waals surface area contributed by atoms with E-state index in [0.717, 1.165) is 16.9 Å². The number of carbonyl (C=O) groups excluding carboxylic acids is 3. The van der Waals surface area contributed by atoms with Gasteiger partial charge in [0.25, 0.3) is 17.7 Å². The number of aryl methyl sites for hydroxylation is 1. The Kier molecular flexibility index (Phi) is 7.32. The van der Waals surface area contributed by atoms with E-state index in [-0.39, 0.29) is 37.0 Å². The summed E-state index contributed by atoms with van der Waals surface area (Å²) < 4.78 is 26.8. The number of hydrogen-bond donors (Lipinski definition) is 1. The van der Waals surface area contributed by atoms with Gasteiger partial charge in [0, 0.05) is 31.7 Å². The standard InChI is InChI=1S/C25H25N3O5S2/c1-18-9-11-19(12-10-18)24(30)27-13-15-28(16-14-27)25(31)23(26-22(29)21-8-5-17-34-21)35(32,33)20-6-3-2-4-7-20/h2-12,17,23H,13-16H2,1H3,(H,26,29). The van der Waals surface area contributed by atoms with Crippen molar-refractivity contribution in [1.82, 2.24) is 15.1 Å². The Labute approximate surface area is 208 Å². The number of nitrogens with one attached hydrogen (secondary N) is 1. The van der Waals surface area contributed by atoms with Crippen LogP contribution in [-0.2, 0) is 14.6 Å². The largest absolute Gasteiger partial charge is 0.336 e. The Hall–Kier alpha value is -3.50. The molecule has 8 nitrogen and oxygen atoms in total. The average molecular weight is 512 g/mol. The minimum absolute atomic E-state index is 0.0574. The van der Waals surface area contributed by atoms with E-state index in [9.17, 15) is 22.8 Å². The maximum atomic E-state index is 13.4. The summed E-state index contributed by atoms with van der Waals surface area (Å²) in [6.07, 6.45) is 0. The van der Waals surface area contributed by atoms with E-state index in [4.69, 9.17) is 0 Å². The highest BCUT2D eigenvalue weighted by Crippen LogP contribution is 2.19. The smallest absolute Gasteiger partial charge is 0.262 e. The van der Waals surface area contributed by atoms with Crippen LogP contribution >= 0.6 is 11.3 Å². The van der Waals surface area contributed by atoms with Gasteiger partial charge in [0.2, 0.25) is 15.2 Å². The number of sulfone groups is 1. The van der Waals surface area contributed by atoms with Crippen LogP contribution < -0.4 is 5.32 Å². The second-order valence-electron chi connectivity index (χ2n) is 8.17. The Morgan fingerprint density at radius 3 is 2.09 bits per heavy atom. The summed E-state index contributed by atoms with van der Waals surface area (Å²) in [5.41, 5.74) is 1.61. The van der Waals surface area contributed by atoms with Crippen molar-refractivity contribution in [2.75, 3.05) is 26.2 Å². The van der Waals surface area contributed by atoms with E-state index in [1.165, 1.54) is 17.0 Å². The van der Waals surface area contributed by atoms with Crippen LogP contribution in [0.4, 0.5) is 0 Å². The van der Waals surface area contributed by atoms with Crippen LogP contribution in [0.2, 0.25) is 0 Å². The number of rotatable bonds is 6. The number of amides is 3. The van der Waals surface area contributed by atoms with Crippen LogP contribution in [0.15, 0.2) is 77.0 Å². The molecule has 1 aliphatic rings. The second-order valence-corrected chi connectivity index (χ2v) is 11.2. The summed E-state index contributed by atoms with van der Waals surface area (Å²) >= 11 is 1.15. The molecule has 0 spiro atoms. The van der Waals surface area contributed by atoms with Gasteiger partial charge in [-0.15, -0.1) is 11.3 Å². The fraction of sp³-hybridized carbons (Fsp3) is 0.240. The van der Waals surface area contributed by atoms with Gasteiger partial charge in [-0.05, 0) is 42.6 Å². The molecule has 1 N–H and O–H groups in total. The number of hydrogen-bond acceptors (Lipinski definition) is 6. The maximum Gasteiger partial charge on any atom is 0.262 e. The summed E-state index contributed by atoms with van der Waals surface area (Å²) in [5.74, 6) is -1.50. The molecule has 0 bridgehead atoms. The lowest BCUT2D eigenvalue weighted by Crippen LogP contribution is -2.57. The molecule has 1 unspecified atom stereocenters. The number of piperazine rings is 1. The Morgan fingerprint density at radius 1 is 0.857 bits per heavy atom. The number of thiophene rings is 1. The molecule has 1 aromatic heterocycles. The van der Waals surface area contributed by atoms with Gasteiger partial charge in [-0.3, -0.25) is 14.4 Å². The molecule has 0 aliphatic carbocycles. The van der Waals surface area contributed by atoms with Crippen LogP contribution in [0, 0.1) is 6.92 Å². The molecule has 35 heavy (non-hydrogen) atoms. The molecule has 1 atom stereocenters. The van der Waals surface area contributed by atoms with Crippen molar-refractivity contribution in [2.24, 2.45) is 0 Å². The lowest BCUT2D eigenvalue weighted by molar-refractivity contribution is -0.132. The van der Waals surface area contributed by atoms with Crippen molar-refractivity contribution in [1.29, 1.82) is 0 Å². The van der Waals surface area contributed by atoms with Gasteiger partial charge in [-0.2, -0.15) is 0 Å². The van der Waals surface area contributed by atoms with E-state index in [1.54, 1.807) is 52.7 Å². The molecule has 10 heteroatoms. The van der Waals surface area contributed by atoms with Gasteiger partial charge >= 0.3 is 0 Å². The lowest BCUT2D eigenvalue weighted by Gasteiger charge is -2.36. The number of nitrogens with zero attached hydrogens (tertiary/aromatic N) is 2. The third kappa shape index (κ3) is 5.44. The van der Waals surface area contributed by atoms with Gasteiger partial charge in [0.15, 0.2) is 0 Å². The monoisotopic (exact) mass is 511 g/mol. The highest BCUT2D eigenvalue weighted by Gasteiger charge is 2.39. The highest BCUT2D eigenvalue weighted by atomic mass is 32.2. The van der Waals surface area contributed by atoms with Crippen LogP contribution in [0.25, 0.3) is 0 Å². The van der Waals surface area contributed by atoms with Crippen molar-refractivity contribution in [3.63, 3.8) is 0 Å². The second kappa shape index (κ2) is 10.4. The first-order valence-corrected chi connectivity index (χ1v) is 13.5. The normalized spacial score (nSPS) is 14.9. The molecule has 1 fully saturated rings. The van der Waals surface area contributed by atoms with Gasteiger partial charge in [0.05, 0.1) is 9.77 Å². The Balaban J connectivity index is 1.52. The minimum Gasteiger partial charge on any atom is -0.336 e. The lowest BCUT2D eigenvalue weighted by atomic mass is 10.1. The van der Waals surface area contributed by atoms with Crippen LogP contribution in [0.5, 0.6) is 0 Å². The Bertz CT molecular complexity index is 1300. The molecule has 3 amide bonds. The molecular weight excluding hydrogens is 486 g/mol. The topological polar surface area (TPSA) is 104 Å². The molecule has 2 heterocycles. The van der Waals surface area contributed by atoms with E-state index in [1.807, 2.05) is 19.1 Å². The summed E-state index contributed by atoms with van der Waals surface area (Å²) in [7, 11) is -4.21. The van der Waals surface area contributed by atoms with Crippen LogP contribution in [0.3, 0.4) is 0 Å². The van der Waals surface area contributed by atoms with Crippen molar-refractivity contribution in [3.8, 4) is 0 Å². The fourth-order valence-corrected chi connectivity index (χ4v) is 5.90. The van der Waals surface area contributed by atoms with Crippen molar-refractivity contribution in [3.05, 3.63) is 88.1 Å². The summed E-state index contributed by atoms with van der Waals surface area (Å²) in [5, 5.41) is 2.35. The van der Waals surface area contributed by atoms with E-state index in [2.05, 4.69) is 5.32 Å². The predicted molar refractivity (Wildman–Crippen MR) is 133 cm³/mol. The fourth-order valence-electron chi connectivity index (χ4n) is 3.79. The van der Waals surface area contributed by atoms with Crippen molar-refractivity contribution >= 4 is 38.9 Å². The third-order valence-electron chi connectivity index (χ3n) is 5.79. The summed E-state index contributed by atoms with van der Waals surface area (Å²) in [6.45, 7) is 2.78. The van der Waals surface area contributed by atoms with E-state index < -0.39 is 27.0 Å². The SMILES string of the molecule is Cc1ccc(C(=O)N2CCN(C(=O)C(NC(=O)c3cccs3)S(=O)(=O)c3ccccc3)CC2)cc1. The predicted octanol–water partition coefficient (Wildman–Crippen LogP) is 2.57. The molecule has 0 saturated carbocycles. The van der Waals surface area contributed by atoms with E-state index >= 15 is 0 Å². The molecular formula is C25H25N3O5S2. The van der Waals surface area contributed by atoms with Crippen molar-refractivity contribution in [2.45, 2.75) is 17.2 Å². The quantitative estimate of drug-likeness (QED) is 0.548. The Morgan fingerprint density at radius 2 is 1.49 bits per heavy atom. The summed E-state index contributed by atoms with van der Waals surface area (Å²) in [6, 6.07) is 18.1. The van der Waals surface area contributed by atoms with E-state index in [0.29, 0.717) is 10.4 Å². The zero-order valence-corrected chi connectivity index (χ0v) is 20.7. The summed E-state index contributed by atoms with van der Waals surface area (Å²) in [4.78, 5) is 42.2. The highest BCUT2D eigenvalue weighted by molar-refractivity contribution is 7.92. The van der Waals surface area contributed by atoms with Crippen LogP contribution in [-0.4, -0.2) is 67.5 Å². The van der Waals surface area contributed by atoms with Crippen molar-refractivity contribution < 1.29 is 22.8 Å². The number of carbonyl (C=O) groups is 3. The molecule has 182 valence electrons. The molecule has 1 aliphatic heterocycles. The molecule has 1 saturated heterocycles. The van der Waals surface area contributed by atoms with Crippen LogP contribution in [0.1, 0.15) is 25.6 Å². The molecule has 2 aromatic carbocycles. The van der Waals surface area contributed by atoms with Gasteiger partial charge in [-0.25, -0.2) is 8.42 Å². The van der Waals surface area contributed by atoms with Gasteiger partial charge < -0.3 is 15.1 Å². The minimum atomic E-state index is -4.21. The molecule has 4 rings (SSSR count). The first-order chi connectivity index (χ1) is 16.8. The first kappa shape index (κ1) is 24.6. The zero-order valence-electron chi connectivity index (χ0n) is 19.1. The number of benzene rings is 2. The maximum absolute atomic E-state index is 13.4. The first-order valence-electron chi connectivity index (χ1n) is 11.1. The zero-order chi connectivity index (χ0) is 25.0.